The standard InChI is InChI=1S/C12H20N2O2/c1-4-12(16)11-6-5-10(7-13-11)14(3)9(2)8-15/h5-7,9,12,15-16H,4,8H2,1-3H3/t9?,12-/m0/s1. The van der Waals surface area contributed by atoms with Gasteiger partial charge in [0.05, 0.1) is 30.3 Å². The molecule has 0 radical (unpaired) electrons. The minimum atomic E-state index is -0.491. The van der Waals surface area contributed by atoms with E-state index in [-0.39, 0.29) is 12.6 Å². The summed E-state index contributed by atoms with van der Waals surface area (Å²) in [5.41, 5.74) is 1.63. The third kappa shape index (κ3) is 2.93. The van der Waals surface area contributed by atoms with Gasteiger partial charge < -0.3 is 15.1 Å². The molecule has 0 aliphatic heterocycles. The van der Waals surface area contributed by atoms with Crippen LogP contribution in [0, 0.1) is 0 Å². The molecule has 1 heterocycles. The van der Waals surface area contributed by atoms with Crippen LogP contribution in [0.25, 0.3) is 0 Å². The van der Waals surface area contributed by atoms with Crippen LogP contribution in [0.3, 0.4) is 0 Å². The van der Waals surface area contributed by atoms with E-state index in [2.05, 4.69) is 4.98 Å². The Labute approximate surface area is 96.6 Å². The number of nitrogens with zero attached hydrogens (tertiary/aromatic N) is 2. The summed E-state index contributed by atoms with van der Waals surface area (Å²) in [5.74, 6) is 0. The molecule has 0 spiro atoms. The van der Waals surface area contributed by atoms with Crippen molar-refractivity contribution in [2.75, 3.05) is 18.6 Å². The van der Waals surface area contributed by atoms with Crippen molar-refractivity contribution in [1.82, 2.24) is 4.98 Å². The van der Waals surface area contributed by atoms with Crippen molar-refractivity contribution in [3.63, 3.8) is 0 Å². The van der Waals surface area contributed by atoms with Crippen molar-refractivity contribution >= 4 is 5.69 Å². The first-order chi connectivity index (χ1) is 7.60. The molecule has 90 valence electrons. The third-order valence-corrected chi connectivity index (χ3v) is 2.83. The Balaban J connectivity index is 2.78. The fourth-order valence-corrected chi connectivity index (χ4v) is 1.39. The molecule has 1 aromatic rings. The molecule has 4 heteroatoms. The number of pyridine rings is 1. The highest BCUT2D eigenvalue weighted by Crippen LogP contribution is 2.18. The van der Waals surface area contributed by atoms with Gasteiger partial charge in [-0.1, -0.05) is 6.92 Å². The third-order valence-electron chi connectivity index (χ3n) is 2.83. The van der Waals surface area contributed by atoms with Gasteiger partial charge in [0.1, 0.15) is 0 Å². The first kappa shape index (κ1) is 12.9. The van der Waals surface area contributed by atoms with Gasteiger partial charge in [0.15, 0.2) is 0 Å². The smallest absolute Gasteiger partial charge is 0.0957 e. The lowest BCUT2D eigenvalue weighted by atomic mass is 10.2. The Hall–Kier alpha value is -1.13. The van der Waals surface area contributed by atoms with Crippen LogP contribution in [0.15, 0.2) is 18.3 Å². The maximum Gasteiger partial charge on any atom is 0.0957 e. The second-order valence-electron chi connectivity index (χ2n) is 4.01. The number of aromatic nitrogens is 1. The van der Waals surface area contributed by atoms with Gasteiger partial charge in [-0.25, -0.2) is 0 Å². The molecule has 1 unspecified atom stereocenters. The first-order valence-corrected chi connectivity index (χ1v) is 5.57. The van der Waals surface area contributed by atoms with E-state index in [0.717, 1.165) is 5.69 Å². The minimum Gasteiger partial charge on any atom is -0.394 e. The van der Waals surface area contributed by atoms with E-state index in [4.69, 9.17) is 5.11 Å². The van der Waals surface area contributed by atoms with Crippen LogP contribution in [0.2, 0.25) is 0 Å². The topological polar surface area (TPSA) is 56.6 Å². The van der Waals surface area contributed by atoms with Gasteiger partial charge in [0, 0.05) is 13.1 Å². The summed E-state index contributed by atoms with van der Waals surface area (Å²) in [6.07, 6.45) is 1.89. The Morgan fingerprint density at radius 3 is 2.56 bits per heavy atom. The SMILES string of the molecule is CC[C@H](O)c1ccc(N(C)C(C)CO)cn1. The van der Waals surface area contributed by atoms with Gasteiger partial charge in [0.25, 0.3) is 0 Å². The lowest BCUT2D eigenvalue weighted by molar-refractivity contribution is 0.169. The van der Waals surface area contributed by atoms with Crippen LogP contribution in [0.1, 0.15) is 32.1 Å². The molecule has 0 aromatic carbocycles. The van der Waals surface area contributed by atoms with Gasteiger partial charge in [-0.3, -0.25) is 4.98 Å². The van der Waals surface area contributed by atoms with E-state index < -0.39 is 6.10 Å². The lowest BCUT2D eigenvalue weighted by Gasteiger charge is -2.25. The molecule has 0 saturated heterocycles. The predicted octanol–water partition coefficient (Wildman–Crippen LogP) is 1.34. The van der Waals surface area contributed by atoms with Crippen LogP contribution in [-0.2, 0) is 0 Å². The zero-order chi connectivity index (χ0) is 12.1. The summed E-state index contributed by atoms with van der Waals surface area (Å²) in [5, 5.41) is 18.6. The molecular formula is C12H20N2O2. The second-order valence-corrected chi connectivity index (χ2v) is 4.01. The van der Waals surface area contributed by atoms with Crippen LogP contribution >= 0.6 is 0 Å². The van der Waals surface area contributed by atoms with Gasteiger partial charge in [-0.2, -0.15) is 0 Å². The summed E-state index contributed by atoms with van der Waals surface area (Å²) in [4.78, 5) is 6.17. The number of aliphatic hydroxyl groups excluding tert-OH is 2. The summed E-state index contributed by atoms with van der Waals surface area (Å²) in [6.45, 7) is 3.96. The quantitative estimate of drug-likeness (QED) is 0.792. The fourth-order valence-electron chi connectivity index (χ4n) is 1.39. The molecule has 0 aliphatic rings. The molecule has 0 fully saturated rings. The normalized spacial score (nSPS) is 14.6. The van der Waals surface area contributed by atoms with E-state index in [0.29, 0.717) is 12.1 Å². The van der Waals surface area contributed by atoms with E-state index in [1.807, 2.05) is 37.9 Å². The molecule has 0 bridgehead atoms. The van der Waals surface area contributed by atoms with Gasteiger partial charge in [-0.15, -0.1) is 0 Å². The average molecular weight is 224 g/mol. The average Bonchev–Trinajstić information content (AvgIpc) is 2.36. The van der Waals surface area contributed by atoms with Gasteiger partial charge >= 0.3 is 0 Å². The highest BCUT2D eigenvalue weighted by Gasteiger charge is 2.10. The molecule has 0 amide bonds. The van der Waals surface area contributed by atoms with Gasteiger partial charge in [0.2, 0.25) is 0 Å². The summed E-state index contributed by atoms with van der Waals surface area (Å²) < 4.78 is 0. The molecular weight excluding hydrogens is 204 g/mol. The Kier molecular flexibility index (Phi) is 4.71. The van der Waals surface area contributed by atoms with Crippen molar-refractivity contribution in [2.45, 2.75) is 32.4 Å². The van der Waals surface area contributed by atoms with E-state index in [1.54, 1.807) is 6.20 Å². The molecule has 1 aromatic heterocycles. The highest BCUT2D eigenvalue weighted by atomic mass is 16.3. The minimum absolute atomic E-state index is 0.0590. The zero-order valence-corrected chi connectivity index (χ0v) is 10.1. The highest BCUT2D eigenvalue weighted by molar-refractivity contribution is 5.44. The summed E-state index contributed by atoms with van der Waals surface area (Å²) >= 11 is 0. The maximum atomic E-state index is 9.60. The van der Waals surface area contributed by atoms with Crippen LogP contribution in [0.4, 0.5) is 5.69 Å². The lowest BCUT2D eigenvalue weighted by Crippen LogP contribution is -2.31. The van der Waals surface area contributed by atoms with Gasteiger partial charge in [-0.05, 0) is 25.5 Å². The van der Waals surface area contributed by atoms with Crippen molar-refractivity contribution in [3.05, 3.63) is 24.0 Å². The maximum absolute atomic E-state index is 9.60. The van der Waals surface area contributed by atoms with Crippen molar-refractivity contribution in [1.29, 1.82) is 0 Å². The number of rotatable bonds is 5. The molecule has 0 saturated carbocycles. The van der Waals surface area contributed by atoms with Crippen LogP contribution in [0.5, 0.6) is 0 Å². The monoisotopic (exact) mass is 224 g/mol. The van der Waals surface area contributed by atoms with Crippen molar-refractivity contribution < 1.29 is 10.2 Å². The second kappa shape index (κ2) is 5.82. The summed E-state index contributed by atoms with van der Waals surface area (Å²) in [7, 11) is 1.91. The number of anilines is 1. The number of hydrogen-bond donors (Lipinski definition) is 2. The van der Waals surface area contributed by atoms with E-state index >= 15 is 0 Å². The molecule has 16 heavy (non-hydrogen) atoms. The molecule has 0 aliphatic carbocycles. The molecule has 2 N–H and O–H groups in total. The van der Waals surface area contributed by atoms with Crippen molar-refractivity contribution in [3.8, 4) is 0 Å². The Bertz CT molecular complexity index is 313. The zero-order valence-electron chi connectivity index (χ0n) is 10.1. The fraction of sp³-hybridized carbons (Fsp3) is 0.583. The molecule has 1 rings (SSSR count). The number of aliphatic hydroxyl groups is 2. The molecule has 2 atom stereocenters. The van der Waals surface area contributed by atoms with Crippen LogP contribution in [-0.4, -0.2) is 34.9 Å². The van der Waals surface area contributed by atoms with Crippen molar-refractivity contribution in [2.24, 2.45) is 0 Å². The Morgan fingerprint density at radius 2 is 2.12 bits per heavy atom. The van der Waals surface area contributed by atoms with E-state index in [9.17, 15) is 5.11 Å². The van der Waals surface area contributed by atoms with Crippen LogP contribution < -0.4 is 4.90 Å². The largest absolute Gasteiger partial charge is 0.394 e. The molecule has 4 nitrogen and oxygen atoms in total. The predicted molar refractivity (Wildman–Crippen MR) is 64.4 cm³/mol. The van der Waals surface area contributed by atoms with E-state index in [1.165, 1.54) is 0 Å². The number of hydrogen-bond acceptors (Lipinski definition) is 4. The Morgan fingerprint density at radius 1 is 1.44 bits per heavy atom. The first-order valence-electron chi connectivity index (χ1n) is 5.57. The summed E-state index contributed by atoms with van der Waals surface area (Å²) in [6, 6.07) is 3.79. The number of likely N-dealkylation sites (N-methyl/N-ethyl adjacent to an activating group) is 1.